The molecular formula is C12H14N6S. The van der Waals surface area contributed by atoms with Crippen molar-refractivity contribution in [3.63, 3.8) is 0 Å². The summed E-state index contributed by atoms with van der Waals surface area (Å²) in [5.41, 5.74) is 6.53. The maximum absolute atomic E-state index is 5.77. The third kappa shape index (κ3) is 2.37. The van der Waals surface area contributed by atoms with Gasteiger partial charge in [0.2, 0.25) is 0 Å². The van der Waals surface area contributed by atoms with Gasteiger partial charge in [0.25, 0.3) is 0 Å². The first-order valence-electron chi connectivity index (χ1n) is 6.03. The first-order chi connectivity index (χ1) is 9.26. The van der Waals surface area contributed by atoms with E-state index in [-0.39, 0.29) is 0 Å². The Kier molecular flexibility index (Phi) is 3.04. The molecule has 0 unspecified atom stereocenters. The standard InChI is InChI=1S/C12H14N6S/c1-2-8-5-15-10(19-8)6-16-11-12-14-3-4-18(12)7-9(13)17-11/h3-5,7H,2,6,13H2,1H3,(H,16,17). The Balaban J connectivity index is 1.83. The quantitative estimate of drug-likeness (QED) is 0.760. The highest BCUT2D eigenvalue weighted by atomic mass is 32.1. The number of nitrogens with two attached hydrogens (primary N) is 1. The van der Waals surface area contributed by atoms with E-state index in [0.717, 1.165) is 17.1 Å². The second-order valence-corrected chi connectivity index (χ2v) is 5.30. The number of hydrogen-bond donors (Lipinski definition) is 2. The fourth-order valence-electron chi connectivity index (χ4n) is 1.82. The van der Waals surface area contributed by atoms with Crippen molar-refractivity contribution in [2.45, 2.75) is 19.9 Å². The van der Waals surface area contributed by atoms with Gasteiger partial charge in [-0.3, -0.25) is 0 Å². The molecule has 0 bridgehead atoms. The van der Waals surface area contributed by atoms with Gasteiger partial charge >= 0.3 is 0 Å². The summed E-state index contributed by atoms with van der Waals surface area (Å²) >= 11 is 1.70. The lowest BCUT2D eigenvalue weighted by Gasteiger charge is -2.06. The minimum absolute atomic E-state index is 0.460. The third-order valence-corrected chi connectivity index (χ3v) is 3.89. The van der Waals surface area contributed by atoms with E-state index in [4.69, 9.17) is 5.73 Å². The van der Waals surface area contributed by atoms with Gasteiger partial charge in [0.05, 0.1) is 12.7 Å². The van der Waals surface area contributed by atoms with E-state index >= 15 is 0 Å². The summed E-state index contributed by atoms with van der Waals surface area (Å²) in [6, 6.07) is 0. The van der Waals surface area contributed by atoms with Crippen molar-refractivity contribution in [3.8, 4) is 0 Å². The largest absolute Gasteiger partial charge is 0.382 e. The molecule has 3 N–H and O–H groups in total. The van der Waals surface area contributed by atoms with Gasteiger partial charge in [-0.2, -0.15) is 0 Å². The molecule has 0 saturated carbocycles. The average molecular weight is 274 g/mol. The van der Waals surface area contributed by atoms with Crippen LogP contribution in [-0.2, 0) is 13.0 Å². The lowest BCUT2D eigenvalue weighted by atomic mass is 10.4. The number of aromatic nitrogens is 4. The SMILES string of the molecule is CCc1cnc(CNc2nc(N)cn3ccnc23)s1. The van der Waals surface area contributed by atoms with E-state index in [2.05, 4.69) is 27.2 Å². The highest BCUT2D eigenvalue weighted by Gasteiger charge is 2.07. The van der Waals surface area contributed by atoms with Crippen LogP contribution in [0.2, 0.25) is 0 Å². The van der Waals surface area contributed by atoms with E-state index in [1.165, 1.54) is 4.88 Å². The summed E-state index contributed by atoms with van der Waals surface area (Å²) in [6.07, 6.45) is 8.24. The molecule has 0 saturated heterocycles. The van der Waals surface area contributed by atoms with Crippen LogP contribution in [0.3, 0.4) is 0 Å². The van der Waals surface area contributed by atoms with Crippen molar-refractivity contribution in [2.75, 3.05) is 11.1 Å². The Hall–Kier alpha value is -2.15. The van der Waals surface area contributed by atoms with Crippen molar-refractivity contribution in [1.82, 2.24) is 19.4 Å². The topological polar surface area (TPSA) is 81.1 Å². The minimum Gasteiger partial charge on any atom is -0.382 e. The predicted molar refractivity (Wildman–Crippen MR) is 76.2 cm³/mol. The van der Waals surface area contributed by atoms with Crippen molar-refractivity contribution >= 4 is 28.6 Å². The number of aryl methyl sites for hydroxylation is 1. The number of rotatable bonds is 4. The van der Waals surface area contributed by atoms with E-state index in [1.54, 1.807) is 23.7 Å². The van der Waals surface area contributed by atoms with Crippen LogP contribution in [0.25, 0.3) is 5.65 Å². The number of thiazole rings is 1. The highest BCUT2D eigenvalue weighted by Crippen LogP contribution is 2.18. The monoisotopic (exact) mass is 274 g/mol. The number of anilines is 2. The van der Waals surface area contributed by atoms with Crippen LogP contribution in [-0.4, -0.2) is 19.4 Å². The van der Waals surface area contributed by atoms with E-state index in [0.29, 0.717) is 18.2 Å². The van der Waals surface area contributed by atoms with Gasteiger partial charge in [0.1, 0.15) is 10.8 Å². The second-order valence-electron chi connectivity index (χ2n) is 4.10. The Morgan fingerprint density at radius 3 is 3.11 bits per heavy atom. The Labute approximate surface area is 114 Å². The smallest absolute Gasteiger partial charge is 0.180 e. The number of nitrogens with zero attached hydrogens (tertiary/aromatic N) is 4. The molecule has 0 aliphatic heterocycles. The zero-order valence-corrected chi connectivity index (χ0v) is 11.3. The highest BCUT2D eigenvalue weighted by molar-refractivity contribution is 7.11. The molecule has 0 aromatic carbocycles. The van der Waals surface area contributed by atoms with Crippen molar-refractivity contribution in [2.24, 2.45) is 0 Å². The molecule has 3 aromatic heterocycles. The lowest BCUT2D eigenvalue weighted by Crippen LogP contribution is -2.05. The Bertz CT molecular complexity index is 701. The van der Waals surface area contributed by atoms with Crippen molar-refractivity contribution < 1.29 is 0 Å². The second kappa shape index (κ2) is 4.85. The molecule has 0 aliphatic carbocycles. The maximum Gasteiger partial charge on any atom is 0.180 e. The third-order valence-electron chi connectivity index (χ3n) is 2.75. The van der Waals surface area contributed by atoms with Crippen LogP contribution < -0.4 is 11.1 Å². The maximum atomic E-state index is 5.77. The molecule has 3 aromatic rings. The molecule has 6 nitrogen and oxygen atoms in total. The van der Waals surface area contributed by atoms with Gasteiger partial charge in [-0.05, 0) is 6.42 Å². The van der Waals surface area contributed by atoms with E-state index in [9.17, 15) is 0 Å². The summed E-state index contributed by atoms with van der Waals surface area (Å²) in [6.45, 7) is 2.75. The van der Waals surface area contributed by atoms with Gasteiger partial charge in [-0.25, -0.2) is 15.0 Å². The summed E-state index contributed by atoms with van der Waals surface area (Å²) in [5, 5.41) is 4.27. The number of hydrogen-bond acceptors (Lipinski definition) is 6. The lowest BCUT2D eigenvalue weighted by molar-refractivity contribution is 1.05. The molecule has 98 valence electrons. The van der Waals surface area contributed by atoms with Gasteiger partial charge in [-0.15, -0.1) is 11.3 Å². The van der Waals surface area contributed by atoms with Crippen LogP contribution in [0.1, 0.15) is 16.8 Å². The Morgan fingerprint density at radius 2 is 2.32 bits per heavy atom. The predicted octanol–water partition coefficient (Wildman–Crippen LogP) is 1.94. The fraction of sp³-hybridized carbons (Fsp3) is 0.250. The minimum atomic E-state index is 0.460. The van der Waals surface area contributed by atoms with Crippen molar-refractivity contribution in [1.29, 1.82) is 0 Å². The molecule has 3 heterocycles. The molecule has 0 radical (unpaired) electrons. The van der Waals surface area contributed by atoms with Crippen molar-refractivity contribution in [3.05, 3.63) is 34.7 Å². The average Bonchev–Trinajstić information content (AvgIpc) is 3.03. The molecule has 0 fully saturated rings. The zero-order chi connectivity index (χ0) is 13.2. The molecule has 0 aliphatic rings. The first-order valence-corrected chi connectivity index (χ1v) is 6.84. The fourth-order valence-corrected chi connectivity index (χ4v) is 2.62. The summed E-state index contributed by atoms with van der Waals surface area (Å²) in [7, 11) is 0. The zero-order valence-electron chi connectivity index (χ0n) is 10.5. The number of imidazole rings is 1. The van der Waals surface area contributed by atoms with E-state index < -0.39 is 0 Å². The van der Waals surface area contributed by atoms with Crippen LogP contribution in [0.5, 0.6) is 0 Å². The molecule has 0 atom stereocenters. The molecule has 0 spiro atoms. The van der Waals surface area contributed by atoms with Crippen LogP contribution in [0.4, 0.5) is 11.6 Å². The number of fused-ring (bicyclic) bond motifs is 1. The molecule has 0 amide bonds. The normalized spacial score (nSPS) is 11.0. The van der Waals surface area contributed by atoms with E-state index in [1.807, 2.05) is 16.8 Å². The van der Waals surface area contributed by atoms with Gasteiger partial charge in [0, 0.05) is 23.5 Å². The Morgan fingerprint density at radius 1 is 1.42 bits per heavy atom. The summed E-state index contributed by atoms with van der Waals surface area (Å²) in [5.74, 6) is 1.14. The molecular weight excluding hydrogens is 260 g/mol. The summed E-state index contributed by atoms with van der Waals surface area (Å²) in [4.78, 5) is 14.2. The van der Waals surface area contributed by atoms with Crippen LogP contribution in [0.15, 0.2) is 24.8 Å². The number of nitrogen functional groups attached to an aromatic ring is 1. The molecule has 3 rings (SSSR count). The summed E-state index contributed by atoms with van der Waals surface area (Å²) < 4.78 is 1.85. The van der Waals surface area contributed by atoms with Crippen LogP contribution >= 0.6 is 11.3 Å². The number of nitrogens with one attached hydrogen (secondary N) is 1. The van der Waals surface area contributed by atoms with Gasteiger partial charge in [-0.1, -0.05) is 6.92 Å². The van der Waals surface area contributed by atoms with Crippen LogP contribution in [0, 0.1) is 0 Å². The first kappa shape index (κ1) is 11.9. The molecule has 7 heteroatoms. The van der Waals surface area contributed by atoms with Gasteiger partial charge < -0.3 is 15.5 Å². The molecule has 19 heavy (non-hydrogen) atoms. The van der Waals surface area contributed by atoms with Gasteiger partial charge in [0.15, 0.2) is 11.5 Å².